The number of anilines is 1. The van der Waals surface area contributed by atoms with Crippen LogP contribution in [-0.2, 0) is 16.0 Å². The van der Waals surface area contributed by atoms with Crippen molar-refractivity contribution in [1.82, 2.24) is 4.90 Å². The Morgan fingerprint density at radius 1 is 0.844 bits per heavy atom. The number of carbonyl (C=O) groups excluding carboxylic acids is 2. The fraction of sp³-hybridized carbons (Fsp3) is 0.185. The second-order valence-corrected chi connectivity index (χ2v) is 8.18. The van der Waals surface area contributed by atoms with Crippen LogP contribution in [0.5, 0.6) is 0 Å². The van der Waals surface area contributed by atoms with Gasteiger partial charge in [0.1, 0.15) is 11.5 Å². The Morgan fingerprint density at radius 3 is 2.28 bits per heavy atom. The molecule has 0 saturated carbocycles. The second-order valence-electron chi connectivity index (χ2n) is 8.18. The lowest BCUT2D eigenvalue weighted by Gasteiger charge is -2.15. The van der Waals surface area contributed by atoms with Crippen LogP contribution in [0.25, 0.3) is 5.57 Å². The Hall–Kier alpha value is -3.73. The second kappa shape index (κ2) is 8.79. The van der Waals surface area contributed by atoms with Gasteiger partial charge in [0.25, 0.3) is 11.8 Å². The van der Waals surface area contributed by atoms with Crippen molar-refractivity contribution in [3.8, 4) is 0 Å². The van der Waals surface area contributed by atoms with Crippen molar-refractivity contribution in [2.24, 2.45) is 0 Å². The molecular weight excluding hydrogens is 403 g/mol. The number of halogens is 1. The first kappa shape index (κ1) is 21.5. The molecule has 4 rings (SSSR count). The van der Waals surface area contributed by atoms with Crippen LogP contribution in [0, 0.1) is 26.6 Å². The molecule has 0 spiro atoms. The van der Waals surface area contributed by atoms with Gasteiger partial charge in [-0.1, -0.05) is 42.5 Å². The zero-order valence-corrected chi connectivity index (χ0v) is 18.4. The Morgan fingerprint density at radius 2 is 1.59 bits per heavy atom. The van der Waals surface area contributed by atoms with Crippen LogP contribution in [0.15, 0.2) is 72.4 Å². The van der Waals surface area contributed by atoms with E-state index in [0.29, 0.717) is 17.6 Å². The number of aryl methyl sites for hydroxylation is 3. The molecule has 3 aromatic rings. The number of nitrogens with one attached hydrogen (secondary N) is 1. The number of hydrogen-bond acceptors (Lipinski definition) is 3. The minimum atomic E-state index is -0.355. The van der Waals surface area contributed by atoms with Crippen LogP contribution in [0.4, 0.5) is 10.1 Å². The first-order valence-electron chi connectivity index (χ1n) is 10.6. The molecule has 1 heterocycles. The fourth-order valence-electron chi connectivity index (χ4n) is 3.82. The topological polar surface area (TPSA) is 49.4 Å². The summed E-state index contributed by atoms with van der Waals surface area (Å²) < 4.78 is 13.2. The van der Waals surface area contributed by atoms with E-state index in [0.717, 1.165) is 27.9 Å². The van der Waals surface area contributed by atoms with E-state index in [2.05, 4.69) is 5.32 Å². The molecule has 3 aromatic carbocycles. The fourth-order valence-corrected chi connectivity index (χ4v) is 3.82. The maximum Gasteiger partial charge on any atom is 0.278 e. The number of amides is 2. The van der Waals surface area contributed by atoms with E-state index in [1.807, 2.05) is 63.2 Å². The van der Waals surface area contributed by atoms with Gasteiger partial charge in [-0.15, -0.1) is 0 Å². The highest BCUT2D eigenvalue weighted by Crippen LogP contribution is 2.31. The summed E-state index contributed by atoms with van der Waals surface area (Å²) in [5.41, 5.74) is 6.20. The summed E-state index contributed by atoms with van der Waals surface area (Å²) in [7, 11) is 0. The molecule has 1 N–H and O–H groups in total. The van der Waals surface area contributed by atoms with Crippen molar-refractivity contribution >= 4 is 23.1 Å². The molecule has 32 heavy (non-hydrogen) atoms. The highest BCUT2D eigenvalue weighted by molar-refractivity contribution is 6.36. The molecule has 0 unspecified atom stereocenters. The standard InChI is InChI=1S/C27H25FN2O2/c1-17-5-4-6-23(15-17)29-25-24(21-10-7-18(2)19(3)16-21)26(31)30(27(25)32)14-13-20-8-11-22(28)12-9-20/h4-12,15-16,29H,13-14H2,1-3H3. The van der Waals surface area contributed by atoms with Gasteiger partial charge in [-0.25, -0.2) is 4.39 Å². The van der Waals surface area contributed by atoms with Gasteiger partial charge in [0.15, 0.2) is 0 Å². The molecule has 4 nitrogen and oxygen atoms in total. The van der Waals surface area contributed by atoms with E-state index >= 15 is 0 Å². The number of benzene rings is 3. The van der Waals surface area contributed by atoms with Crippen molar-refractivity contribution in [2.75, 3.05) is 11.9 Å². The van der Waals surface area contributed by atoms with Crippen molar-refractivity contribution in [3.63, 3.8) is 0 Å². The van der Waals surface area contributed by atoms with Gasteiger partial charge < -0.3 is 5.32 Å². The summed E-state index contributed by atoms with van der Waals surface area (Å²) in [6.07, 6.45) is 0.454. The maximum atomic E-state index is 13.4. The number of hydrogen-bond donors (Lipinski definition) is 1. The zero-order valence-electron chi connectivity index (χ0n) is 18.4. The van der Waals surface area contributed by atoms with Crippen molar-refractivity contribution in [2.45, 2.75) is 27.2 Å². The summed E-state index contributed by atoms with van der Waals surface area (Å²) in [6.45, 7) is 6.19. The summed E-state index contributed by atoms with van der Waals surface area (Å²) in [5, 5.41) is 3.20. The van der Waals surface area contributed by atoms with Crippen LogP contribution >= 0.6 is 0 Å². The van der Waals surface area contributed by atoms with Crippen LogP contribution in [0.3, 0.4) is 0 Å². The predicted molar refractivity (Wildman–Crippen MR) is 124 cm³/mol. The molecule has 0 fully saturated rings. The third kappa shape index (κ3) is 4.33. The Kier molecular flexibility index (Phi) is 5.91. The van der Waals surface area contributed by atoms with Crippen molar-refractivity contribution in [1.29, 1.82) is 0 Å². The van der Waals surface area contributed by atoms with Gasteiger partial charge in [-0.2, -0.15) is 0 Å². The molecule has 0 bridgehead atoms. The van der Waals surface area contributed by atoms with Crippen molar-refractivity contribution in [3.05, 3.63) is 106 Å². The van der Waals surface area contributed by atoms with Gasteiger partial charge in [0.05, 0.1) is 5.57 Å². The molecule has 0 atom stereocenters. The molecule has 1 aliphatic rings. The molecule has 162 valence electrons. The highest BCUT2D eigenvalue weighted by atomic mass is 19.1. The highest BCUT2D eigenvalue weighted by Gasteiger charge is 2.39. The smallest absolute Gasteiger partial charge is 0.278 e. The third-order valence-corrected chi connectivity index (χ3v) is 5.79. The molecule has 0 aromatic heterocycles. The van der Waals surface area contributed by atoms with Gasteiger partial charge in [-0.3, -0.25) is 14.5 Å². The molecule has 2 amide bonds. The van der Waals surface area contributed by atoms with Crippen LogP contribution in [0.2, 0.25) is 0 Å². The number of nitrogens with zero attached hydrogens (tertiary/aromatic N) is 1. The Balaban J connectivity index is 1.68. The van der Waals surface area contributed by atoms with E-state index in [1.165, 1.54) is 17.0 Å². The van der Waals surface area contributed by atoms with E-state index in [9.17, 15) is 14.0 Å². The van der Waals surface area contributed by atoms with E-state index in [1.54, 1.807) is 12.1 Å². The van der Waals surface area contributed by atoms with Crippen molar-refractivity contribution < 1.29 is 14.0 Å². The maximum absolute atomic E-state index is 13.4. The Labute approximate surface area is 187 Å². The quantitative estimate of drug-likeness (QED) is 0.550. The molecule has 0 radical (unpaired) electrons. The van der Waals surface area contributed by atoms with E-state index in [4.69, 9.17) is 0 Å². The summed E-state index contributed by atoms with van der Waals surface area (Å²) >= 11 is 0. The minimum Gasteiger partial charge on any atom is -0.350 e. The summed E-state index contributed by atoms with van der Waals surface area (Å²) in [6, 6.07) is 19.6. The van der Waals surface area contributed by atoms with Gasteiger partial charge in [-0.05, 0) is 79.3 Å². The van der Waals surface area contributed by atoms with Gasteiger partial charge in [0, 0.05) is 12.2 Å². The SMILES string of the molecule is Cc1cccc(NC2=C(c3ccc(C)c(C)c3)C(=O)N(CCc3ccc(F)cc3)C2=O)c1. The van der Waals surface area contributed by atoms with Gasteiger partial charge in [0.2, 0.25) is 0 Å². The molecular formula is C27H25FN2O2. The normalized spacial score (nSPS) is 13.8. The molecule has 1 aliphatic heterocycles. The van der Waals surface area contributed by atoms with E-state index < -0.39 is 0 Å². The lowest BCUT2D eigenvalue weighted by molar-refractivity contribution is -0.136. The largest absolute Gasteiger partial charge is 0.350 e. The molecule has 0 saturated heterocycles. The molecule has 5 heteroatoms. The number of rotatable bonds is 6. The van der Waals surface area contributed by atoms with E-state index in [-0.39, 0.29) is 29.9 Å². The predicted octanol–water partition coefficient (Wildman–Crippen LogP) is 5.19. The minimum absolute atomic E-state index is 0.219. The first-order valence-corrected chi connectivity index (χ1v) is 10.6. The van der Waals surface area contributed by atoms with Crippen LogP contribution in [0.1, 0.15) is 27.8 Å². The summed E-state index contributed by atoms with van der Waals surface area (Å²) in [5.74, 6) is -0.993. The zero-order chi connectivity index (χ0) is 22.8. The summed E-state index contributed by atoms with van der Waals surface area (Å²) in [4.78, 5) is 28.0. The monoisotopic (exact) mass is 428 g/mol. The molecule has 0 aliphatic carbocycles. The lowest BCUT2D eigenvalue weighted by Crippen LogP contribution is -2.34. The lowest BCUT2D eigenvalue weighted by atomic mass is 9.99. The first-order chi connectivity index (χ1) is 15.3. The number of imide groups is 1. The number of carbonyl (C=O) groups is 2. The van der Waals surface area contributed by atoms with Crippen LogP contribution in [-0.4, -0.2) is 23.3 Å². The van der Waals surface area contributed by atoms with Crippen LogP contribution < -0.4 is 5.32 Å². The third-order valence-electron chi connectivity index (χ3n) is 5.79. The van der Waals surface area contributed by atoms with Gasteiger partial charge >= 0.3 is 0 Å². The Bertz CT molecular complexity index is 1230. The average molecular weight is 429 g/mol. The average Bonchev–Trinajstić information content (AvgIpc) is 2.99.